The van der Waals surface area contributed by atoms with Crippen LogP contribution in [-0.4, -0.2) is 24.9 Å². The SMILES string of the molecule is Clc1cccc([Si](Cn2ccnc2[B]C(c2ccccc2)c2ccccc2)(c2ccccc2)c2cccc(Cl)c2)c1. The summed E-state index contributed by atoms with van der Waals surface area (Å²) >= 11 is 13.3. The Labute approximate surface area is 253 Å². The van der Waals surface area contributed by atoms with E-state index in [9.17, 15) is 0 Å². The van der Waals surface area contributed by atoms with Crippen LogP contribution in [0.2, 0.25) is 10.0 Å². The largest absolute Gasteiger partial charge is 0.345 e. The van der Waals surface area contributed by atoms with Gasteiger partial charge in [-0.05, 0) is 56.8 Å². The highest BCUT2D eigenvalue weighted by atomic mass is 35.5. The molecule has 0 fully saturated rings. The molecule has 0 aliphatic heterocycles. The van der Waals surface area contributed by atoms with E-state index in [0.717, 1.165) is 21.9 Å². The van der Waals surface area contributed by atoms with Gasteiger partial charge in [0.1, 0.15) is 0 Å². The summed E-state index contributed by atoms with van der Waals surface area (Å²) < 4.78 is 2.31. The first-order valence-corrected chi connectivity index (χ1v) is 16.6. The summed E-state index contributed by atoms with van der Waals surface area (Å²) in [5, 5.41) is 5.18. The van der Waals surface area contributed by atoms with Gasteiger partial charge in [-0.25, -0.2) is 0 Å². The lowest BCUT2D eigenvalue weighted by atomic mass is 9.58. The predicted octanol–water partition coefficient (Wildman–Crippen LogP) is 6.02. The molecule has 0 atom stereocenters. The molecule has 5 aromatic carbocycles. The highest BCUT2D eigenvalue weighted by Crippen LogP contribution is 2.23. The van der Waals surface area contributed by atoms with E-state index in [1.807, 2.05) is 18.3 Å². The van der Waals surface area contributed by atoms with Crippen LogP contribution in [0.15, 0.2) is 152 Å². The Morgan fingerprint density at radius 1 is 0.610 bits per heavy atom. The normalized spacial score (nSPS) is 11.5. The quantitative estimate of drug-likeness (QED) is 0.150. The Morgan fingerprint density at radius 3 is 1.61 bits per heavy atom. The topological polar surface area (TPSA) is 17.8 Å². The average molecular weight is 586 g/mol. The van der Waals surface area contributed by atoms with Gasteiger partial charge >= 0.3 is 0 Å². The van der Waals surface area contributed by atoms with Crippen molar-refractivity contribution < 1.29 is 0 Å². The van der Waals surface area contributed by atoms with Gasteiger partial charge in [0.25, 0.3) is 0 Å². The van der Waals surface area contributed by atoms with E-state index in [1.54, 1.807) is 0 Å². The van der Waals surface area contributed by atoms with Gasteiger partial charge in [0.2, 0.25) is 7.28 Å². The molecule has 0 saturated heterocycles. The lowest BCUT2D eigenvalue weighted by molar-refractivity contribution is 0.889. The number of nitrogens with zero attached hydrogens (tertiary/aromatic N) is 2. The zero-order valence-corrected chi connectivity index (χ0v) is 25.0. The summed E-state index contributed by atoms with van der Waals surface area (Å²) in [5.41, 5.74) is 3.38. The fraction of sp³-hybridized carbons (Fsp3) is 0.0571. The number of hydrogen-bond donors (Lipinski definition) is 0. The molecule has 6 rings (SSSR count). The van der Waals surface area contributed by atoms with Crippen molar-refractivity contribution in [2.45, 2.75) is 12.0 Å². The van der Waals surface area contributed by atoms with Crippen LogP contribution in [-0.2, 0) is 6.17 Å². The minimum atomic E-state index is -2.70. The number of benzene rings is 5. The summed E-state index contributed by atoms with van der Waals surface area (Å²) in [4.78, 5) is 4.88. The standard InChI is InChI=1S/C35H28BCl2N2Si/c37-29-16-10-20-32(24-29)41(31-18-8-3-9-19-31,33-21-11-17-30(38)25-33)26-40-23-22-39-35(40)36-34(27-12-4-1-5-13-27)28-14-6-2-7-15-28/h1-25,34H,26H2. The van der Waals surface area contributed by atoms with Crippen LogP contribution in [0.3, 0.4) is 0 Å². The average Bonchev–Trinajstić information content (AvgIpc) is 3.46. The molecule has 0 bridgehead atoms. The Kier molecular flexibility index (Phi) is 8.24. The fourth-order valence-corrected chi connectivity index (χ4v) is 10.9. The summed E-state index contributed by atoms with van der Waals surface area (Å²) in [6, 6.07) is 48.7. The zero-order valence-electron chi connectivity index (χ0n) is 22.4. The van der Waals surface area contributed by atoms with Crippen LogP contribution in [0.4, 0.5) is 0 Å². The van der Waals surface area contributed by atoms with Gasteiger partial charge < -0.3 is 4.57 Å². The van der Waals surface area contributed by atoms with Crippen molar-refractivity contribution in [3.8, 4) is 0 Å². The molecule has 0 aliphatic carbocycles. The Morgan fingerprint density at radius 2 is 1.10 bits per heavy atom. The monoisotopic (exact) mass is 585 g/mol. The van der Waals surface area contributed by atoms with Crippen molar-refractivity contribution in [3.05, 3.63) is 173 Å². The van der Waals surface area contributed by atoms with Gasteiger partial charge in [0, 0.05) is 28.6 Å². The molecular weight excluding hydrogens is 558 g/mol. The molecule has 0 N–H and O–H groups in total. The molecule has 0 unspecified atom stereocenters. The van der Waals surface area contributed by atoms with E-state index in [4.69, 9.17) is 28.2 Å². The van der Waals surface area contributed by atoms with Crippen LogP contribution in [0.1, 0.15) is 16.9 Å². The molecule has 41 heavy (non-hydrogen) atoms. The van der Waals surface area contributed by atoms with Crippen molar-refractivity contribution in [3.63, 3.8) is 0 Å². The van der Waals surface area contributed by atoms with Crippen molar-refractivity contribution in [2.75, 3.05) is 0 Å². The third-order valence-corrected chi connectivity index (χ3v) is 12.9. The van der Waals surface area contributed by atoms with Crippen molar-refractivity contribution >= 4 is 59.8 Å². The van der Waals surface area contributed by atoms with Gasteiger partial charge in [-0.3, -0.25) is 4.98 Å². The highest BCUT2D eigenvalue weighted by molar-refractivity contribution is 7.10. The number of imidazole rings is 1. The highest BCUT2D eigenvalue weighted by Gasteiger charge is 2.41. The first-order chi connectivity index (χ1) is 20.1. The Hall–Kier alpha value is -3.83. The van der Waals surface area contributed by atoms with E-state index < -0.39 is 8.07 Å². The molecule has 0 saturated carbocycles. The number of halogens is 2. The number of rotatable bonds is 9. The Balaban J connectivity index is 1.50. The van der Waals surface area contributed by atoms with E-state index in [1.165, 1.54) is 26.7 Å². The minimum Gasteiger partial charge on any atom is -0.345 e. The molecule has 0 spiro atoms. The second-order valence-corrected chi connectivity index (χ2v) is 14.9. The summed E-state index contributed by atoms with van der Waals surface area (Å²) in [6.07, 6.45) is 4.73. The van der Waals surface area contributed by atoms with Crippen LogP contribution >= 0.6 is 23.2 Å². The van der Waals surface area contributed by atoms with Crippen molar-refractivity contribution in [1.82, 2.24) is 9.55 Å². The third kappa shape index (κ3) is 5.82. The maximum Gasteiger partial charge on any atom is 0.215 e. The van der Waals surface area contributed by atoms with E-state index >= 15 is 0 Å². The molecule has 1 radical (unpaired) electrons. The maximum atomic E-state index is 6.65. The van der Waals surface area contributed by atoms with Crippen LogP contribution < -0.4 is 21.3 Å². The third-order valence-electron chi connectivity index (χ3n) is 7.69. The van der Waals surface area contributed by atoms with Gasteiger partial charge in [-0.15, -0.1) is 0 Å². The van der Waals surface area contributed by atoms with Gasteiger partial charge in [-0.2, -0.15) is 0 Å². The second-order valence-electron chi connectivity index (χ2n) is 10.2. The smallest absolute Gasteiger partial charge is 0.215 e. The van der Waals surface area contributed by atoms with Gasteiger partial charge in [-0.1, -0.05) is 138 Å². The second kappa shape index (κ2) is 12.4. The first-order valence-electron chi connectivity index (χ1n) is 13.7. The summed E-state index contributed by atoms with van der Waals surface area (Å²) in [5.74, 6) is 0.0590. The zero-order chi connectivity index (χ0) is 28.1. The molecule has 0 amide bonds. The molecule has 6 aromatic rings. The van der Waals surface area contributed by atoms with E-state index in [2.05, 4.69) is 145 Å². The summed E-state index contributed by atoms with van der Waals surface area (Å²) in [6.45, 7) is 0. The molecule has 6 heteroatoms. The summed E-state index contributed by atoms with van der Waals surface area (Å²) in [7, 11) is -0.416. The number of hydrogen-bond acceptors (Lipinski definition) is 1. The molecule has 1 aromatic heterocycles. The molecule has 0 aliphatic rings. The van der Waals surface area contributed by atoms with Crippen LogP contribution in [0.25, 0.3) is 0 Å². The molecule has 1 heterocycles. The lowest BCUT2D eigenvalue weighted by Crippen LogP contribution is -2.70. The van der Waals surface area contributed by atoms with Gasteiger partial charge in [0.15, 0.2) is 8.07 Å². The lowest BCUT2D eigenvalue weighted by Gasteiger charge is -2.35. The first kappa shape index (κ1) is 27.3. The van der Waals surface area contributed by atoms with Crippen molar-refractivity contribution in [1.29, 1.82) is 0 Å². The van der Waals surface area contributed by atoms with Gasteiger partial charge in [0.05, 0.1) is 5.72 Å². The number of aromatic nitrogens is 2. The fourth-order valence-electron chi connectivity index (χ4n) is 5.73. The predicted molar refractivity (Wildman–Crippen MR) is 176 cm³/mol. The van der Waals surface area contributed by atoms with E-state index in [-0.39, 0.29) is 5.82 Å². The van der Waals surface area contributed by atoms with Crippen molar-refractivity contribution in [2.24, 2.45) is 0 Å². The minimum absolute atomic E-state index is 0.0590. The van der Waals surface area contributed by atoms with Crippen LogP contribution in [0, 0.1) is 0 Å². The van der Waals surface area contributed by atoms with E-state index in [0.29, 0.717) is 0 Å². The maximum absolute atomic E-state index is 6.65. The van der Waals surface area contributed by atoms with Crippen LogP contribution in [0.5, 0.6) is 0 Å². The molecule has 2 nitrogen and oxygen atoms in total. The Bertz CT molecular complexity index is 1640. The molecule has 199 valence electrons. The molecular formula is C35H28BCl2N2Si.